The number of amides is 1. The lowest BCUT2D eigenvalue weighted by molar-refractivity contribution is -0.137. The number of halogens is 3. The van der Waals surface area contributed by atoms with Crippen LogP contribution in [0.4, 0.5) is 13.2 Å². The van der Waals surface area contributed by atoms with E-state index in [0.29, 0.717) is 11.4 Å². The quantitative estimate of drug-likeness (QED) is 0.768. The number of aromatic nitrogens is 2. The number of aromatic amines is 1. The summed E-state index contributed by atoms with van der Waals surface area (Å²) in [6, 6.07) is 12.2. The Bertz CT molecular complexity index is 838. The monoisotopic (exact) mass is 333 g/mol. The van der Waals surface area contributed by atoms with Crippen LogP contribution in [0.2, 0.25) is 0 Å². The predicted octanol–water partition coefficient (Wildman–Crippen LogP) is 3.44. The molecular weight excluding hydrogens is 319 g/mol. The molecule has 2 N–H and O–H groups in total. The Labute approximate surface area is 135 Å². The maximum absolute atomic E-state index is 12.7. The number of hydrogen-bond acceptors (Lipinski definition) is 2. The number of hydrogen-bond donors (Lipinski definition) is 2. The van der Waals surface area contributed by atoms with Gasteiger partial charge >= 0.3 is 6.18 Å². The Hall–Kier alpha value is -2.83. The zero-order chi connectivity index (χ0) is 17.2. The molecule has 24 heavy (non-hydrogen) atoms. The molecule has 0 saturated carbocycles. The van der Waals surface area contributed by atoms with Gasteiger partial charge in [0.25, 0.3) is 0 Å². The number of benzene rings is 2. The lowest BCUT2D eigenvalue weighted by Gasteiger charge is -2.08. The van der Waals surface area contributed by atoms with Gasteiger partial charge in [-0.3, -0.25) is 4.79 Å². The standard InChI is InChI=1S/C17H14F3N3O/c18-17(19,20)12-5-3-4-11(8-12)9-16(24)21-10-15-22-13-6-1-2-7-14(13)23-15/h1-8H,9-10H2,(H,21,24)(H,22,23). The minimum Gasteiger partial charge on any atom is -0.349 e. The SMILES string of the molecule is O=C(Cc1cccc(C(F)(F)F)c1)NCc1nc2ccccc2[nH]1. The van der Waals surface area contributed by atoms with Gasteiger partial charge in [0.05, 0.1) is 29.6 Å². The average Bonchev–Trinajstić information content (AvgIpc) is 2.95. The molecule has 0 spiro atoms. The summed E-state index contributed by atoms with van der Waals surface area (Å²) in [5.74, 6) is 0.225. The molecule has 2 aromatic carbocycles. The van der Waals surface area contributed by atoms with E-state index in [1.54, 1.807) is 0 Å². The Morgan fingerprint density at radius 2 is 1.92 bits per heavy atom. The molecule has 0 aliphatic carbocycles. The van der Waals surface area contributed by atoms with Crippen LogP contribution >= 0.6 is 0 Å². The van der Waals surface area contributed by atoms with Gasteiger partial charge < -0.3 is 10.3 Å². The second-order valence-corrected chi connectivity index (χ2v) is 5.35. The summed E-state index contributed by atoms with van der Waals surface area (Å²) in [5, 5.41) is 2.65. The predicted molar refractivity (Wildman–Crippen MR) is 83.1 cm³/mol. The number of H-pyrrole nitrogens is 1. The van der Waals surface area contributed by atoms with Gasteiger partial charge in [-0.1, -0.05) is 30.3 Å². The molecule has 0 aliphatic heterocycles. The molecule has 1 aromatic heterocycles. The van der Waals surface area contributed by atoms with Crippen molar-refractivity contribution in [1.29, 1.82) is 0 Å². The second-order valence-electron chi connectivity index (χ2n) is 5.35. The van der Waals surface area contributed by atoms with Crippen molar-refractivity contribution in [3.05, 3.63) is 65.5 Å². The van der Waals surface area contributed by atoms with E-state index in [0.717, 1.165) is 23.2 Å². The Kier molecular flexibility index (Phi) is 4.24. The molecule has 7 heteroatoms. The number of rotatable bonds is 4. The second kappa shape index (κ2) is 6.35. The fraction of sp³-hybridized carbons (Fsp3) is 0.176. The van der Waals surface area contributed by atoms with Crippen LogP contribution in [-0.2, 0) is 23.9 Å². The Morgan fingerprint density at radius 3 is 2.67 bits per heavy atom. The van der Waals surface area contributed by atoms with E-state index in [2.05, 4.69) is 15.3 Å². The third-order valence-corrected chi connectivity index (χ3v) is 3.51. The number of carbonyl (C=O) groups excluding carboxylic acids is 1. The van der Waals surface area contributed by atoms with Gasteiger partial charge in [0.15, 0.2) is 0 Å². The van der Waals surface area contributed by atoms with Crippen LogP contribution in [-0.4, -0.2) is 15.9 Å². The third-order valence-electron chi connectivity index (χ3n) is 3.51. The van der Waals surface area contributed by atoms with E-state index >= 15 is 0 Å². The molecule has 3 aromatic rings. The van der Waals surface area contributed by atoms with Crippen molar-refractivity contribution >= 4 is 16.9 Å². The first-order valence-electron chi connectivity index (χ1n) is 7.28. The first-order chi connectivity index (χ1) is 11.4. The smallest absolute Gasteiger partial charge is 0.349 e. The first-order valence-corrected chi connectivity index (χ1v) is 7.28. The van der Waals surface area contributed by atoms with E-state index < -0.39 is 11.7 Å². The molecule has 0 saturated heterocycles. The molecule has 0 radical (unpaired) electrons. The van der Waals surface area contributed by atoms with Crippen LogP contribution in [0.3, 0.4) is 0 Å². The Balaban J connectivity index is 1.61. The normalized spacial score (nSPS) is 11.6. The molecule has 0 aliphatic rings. The van der Waals surface area contributed by atoms with Crippen molar-refractivity contribution < 1.29 is 18.0 Å². The molecule has 0 atom stereocenters. The van der Waals surface area contributed by atoms with Crippen molar-refractivity contribution in [3.8, 4) is 0 Å². The number of alkyl halides is 3. The van der Waals surface area contributed by atoms with Crippen molar-refractivity contribution in [3.63, 3.8) is 0 Å². The van der Waals surface area contributed by atoms with E-state index in [1.807, 2.05) is 24.3 Å². The lowest BCUT2D eigenvalue weighted by atomic mass is 10.1. The molecule has 4 nitrogen and oxygen atoms in total. The molecule has 0 unspecified atom stereocenters. The highest BCUT2D eigenvalue weighted by molar-refractivity contribution is 5.79. The summed E-state index contributed by atoms with van der Waals surface area (Å²) in [4.78, 5) is 19.3. The zero-order valence-electron chi connectivity index (χ0n) is 12.5. The highest BCUT2D eigenvalue weighted by atomic mass is 19.4. The summed E-state index contributed by atoms with van der Waals surface area (Å²) < 4.78 is 38.0. The van der Waals surface area contributed by atoms with Gasteiger partial charge in [0.1, 0.15) is 5.82 Å². The van der Waals surface area contributed by atoms with Crippen LogP contribution in [0, 0.1) is 0 Å². The maximum Gasteiger partial charge on any atom is 0.416 e. The minimum atomic E-state index is -4.42. The van der Waals surface area contributed by atoms with Crippen molar-refractivity contribution in [2.24, 2.45) is 0 Å². The molecule has 1 heterocycles. The fourth-order valence-corrected chi connectivity index (χ4v) is 2.38. The largest absolute Gasteiger partial charge is 0.416 e. The van der Waals surface area contributed by atoms with Gasteiger partial charge in [-0.05, 0) is 23.8 Å². The van der Waals surface area contributed by atoms with Crippen molar-refractivity contribution in [1.82, 2.24) is 15.3 Å². The molecule has 0 fully saturated rings. The average molecular weight is 333 g/mol. The topological polar surface area (TPSA) is 57.8 Å². The van der Waals surface area contributed by atoms with Gasteiger partial charge in [-0.15, -0.1) is 0 Å². The molecule has 3 rings (SSSR count). The van der Waals surface area contributed by atoms with Crippen LogP contribution in [0.25, 0.3) is 11.0 Å². The number of nitrogens with one attached hydrogen (secondary N) is 2. The van der Waals surface area contributed by atoms with Gasteiger partial charge in [0.2, 0.25) is 5.91 Å². The van der Waals surface area contributed by atoms with Gasteiger partial charge in [-0.25, -0.2) is 4.98 Å². The summed E-state index contributed by atoms with van der Waals surface area (Å²) in [7, 11) is 0. The van der Waals surface area contributed by atoms with Crippen LogP contribution < -0.4 is 5.32 Å². The van der Waals surface area contributed by atoms with E-state index in [9.17, 15) is 18.0 Å². The van der Waals surface area contributed by atoms with Crippen molar-refractivity contribution in [2.75, 3.05) is 0 Å². The van der Waals surface area contributed by atoms with Crippen LogP contribution in [0.5, 0.6) is 0 Å². The van der Waals surface area contributed by atoms with Crippen LogP contribution in [0.15, 0.2) is 48.5 Å². The fourth-order valence-electron chi connectivity index (χ4n) is 2.38. The van der Waals surface area contributed by atoms with E-state index in [1.165, 1.54) is 12.1 Å². The molecule has 1 amide bonds. The number of fused-ring (bicyclic) bond motifs is 1. The number of nitrogens with zero attached hydrogens (tertiary/aromatic N) is 1. The van der Waals surface area contributed by atoms with E-state index in [-0.39, 0.29) is 18.9 Å². The molecule has 124 valence electrons. The highest BCUT2D eigenvalue weighted by Gasteiger charge is 2.30. The zero-order valence-corrected chi connectivity index (χ0v) is 12.5. The molecular formula is C17H14F3N3O. The summed E-state index contributed by atoms with van der Waals surface area (Å²) >= 11 is 0. The summed E-state index contributed by atoms with van der Waals surface area (Å²) in [6.45, 7) is 0.187. The lowest BCUT2D eigenvalue weighted by Crippen LogP contribution is -2.25. The highest BCUT2D eigenvalue weighted by Crippen LogP contribution is 2.29. The number of imidazole rings is 1. The van der Waals surface area contributed by atoms with Gasteiger partial charge in [0, 0.05) is 0 Å². The summed E-state index contributed by atoms with van der Waals surface area (Å²) in [6.07, 6.45) is -4.54. The first kappa shape index (κ1) is 16.0. The number of para-hydroxylation sites is 2. The maximum atomic E-state index is 12.7. The minimum absolute atomic E-state index is 0.121. The Morgan fingerprint density at radius 1 is 1.12 bits per heavy atom. The molecule has 0 bridgehead atoms. The van der Waals surface area contributed by atoms with Crippen LogP contribution in [0.1, 0.15) is 17.0 Å². The van der Waals surface area contributed by atoms with E-state index in [4.69, 9.17) is 0 Å². The van der Waals surface area contributed by atoms with Crippen molar-refractivity contribution in [2.45, 2.75) is 19.1 Å². The third kappa shape index (κ3) is 3.73. The number of carbonyl (C=O) groups is 1. The summed E-state index contributed by atoms with van der Waals surface area (Å²) in [5.41, 5.74) is 1.20. The van der Waals surface area contributed by atoms with Gasteiger partial charge in [-0.2, -0.15) is 13.2 Å².